The summed E-state index contributed by atoms with van der Waals surface area (Å²) in [4.78, 5) is 42.9. The zero-order valence-corrected chi connectivity index (χ0v) is 29.5. The van der Waals surface area contributed by atoms with Gasteiger partial charge in [0.2, 0.25) is 11.9 Å². The maximum absolute atomic E-state index is 14.8. The second-order valence-corrected chi connectivity index (χ2v) is 13.9. The minimum Gasteiger partial charge on any atom is -0.453 e. The largest absolute Gasteiger partial charge is 0.453 e. The molecule has 2 fully saturated rings. The van der Waals surface area contributed by atoms with Gasteiger partial charge in [-0.2, -0.15) is 4.39 Å². The van der Waals surface area contributed by atoms with Gasteiger partial charge in [-0.3, -0.25) is 10.2 Å². The van der Waals surface area contributed by atoms with Crippen LogP contribution in [0.4, 0.5) is 18.4 Å². The van der Waals surface area contributed by atoms with Gasteiger partial charge in [0.1, 0.15) is 18.0 Å². The summed E-state index contributed by atoms with van der Waals surface area (Å²) in [6, 6.07) is 14.0. The summed E-state index contributed by atoms with van der Waals surface area (Å²) >= 11 is 0. The molecule has 3 amide bonds. The first kappa shape index (κ1) is 38.5. The van der Waals surface area contributed by atoms with Gasteiger partial charge in [-0.25, -0.2) is 24.0 Å². The fourth-order valence-corrected chi connectivity index (χ4v) is 6.25. The van der Waals surface area contributed by atoms with E-state index in [2.05, 4.69) is 21.0 Å². The molecule has 0 spiro atoms. The van der Waals surface area contributed by atoms with Crippen LogP contribution >= 0.6 is 0 Å². The van der Waals surface area contributed by atoms with Gasteiger partial charge in [-0.05, 0) is 47.6 Å². The summed E-state index contributed by atoms with van der Waals surface area (Å²) < 4.78 is 50.7. The number of pyridine rings is 1. The van der Waals surface area contributed by atoms with Crippen molar-refractivity contribution >= 4 is 18.1 Å². The van der Waals surface area contributed by atoms with Crippen molar-refractivity contribution in [3.05, 3.63) is 89.8 Å². The van der Waals surface area contributed by atoms with Gasteiger partial charge in [0, 0.05) is 30.4 Å². The number of aromatic nitrogens is 1. The third-order valence-corrected chi connectivity index (χ3v) is 9.07. The van der Waals surface area contributed by atoms with E-state index >= 15 is 0 Å². The van der Waals surface area contributed by atoms with Gasteiger partial charge >= 0.3 is 12.2 Å². The molecule has 0 radical (unpaired) electrons. The average molecular weight is 726 g/mol. The molecule has 0 aliphatic carbocycles. The van der Waals surface area contributed by atoms with Crippen LogP contribution in [0.15, 0.2) is 66.9 Å². The number of hydrazine groups is 1. The third-order valence-electron chi connectivity index (χ3n) is 9.07. The number of hydrogen-bond donors (Lipinski definition) is 4. The monoisotopic (exact) mass is 725 g/mol. The van der Waals surface area contributed by atoms with Crippen LogP contribution in [-0.2, 0) is 36.7 Å². The van der Waals surface area contributed by atoms with Gasteiger partial charge in [0.15, 0.2) is 6.29 Å². The van der Waals surface area contributed by atoms with Crippen LogP contribution in [-0.4, -0.2) is 90.6 Å². The van der Waals surface area contributed by atoms with E-state index in [4.69, 9.17) is 18.9 Å². The predicted octanol–water partition coefficient (Wildman–Crippen LogP) is 4.09. The lowest BCUT2D eigenvalue weighted by atomic mass is 9.85. The molecule has 4 N–H and O–H groups in total. The van der Waals surface area contributed by atoms with Crippen molar-refractivity contribution in [2.24, 2.45) is 11.3 Å². The number of fused-ring (bicyclic) bond motifs is 1. The lowest BCUT2D eigenvalue weighted by Gasteiger charge is -2.34. The number of aliphatic hydroxyl groups excluding tert-OH is 1. The van der Waals surface area contributed by atoms with Gasteiger partial charge in [-0.15, -0.1) is 0 Å². The molecule has 15 heteroatoms. The number of ether oxygens (including phenoxy) is 4. The number of halogens is 2. The molecule has 280 valence electrons. The lowest BCUT2D eigenvalue weighted by Crippen LogP contribution is -2.59. The highest BCUT2D eigenvalue weighted by Gasteiger charge is 2.44. The van der Waals surface area contributed by atoms with Crippen LogP contribution in [0, 0.1) is 23.1 Å². The number of hydrogen-bond acceptors (Lipinski definition) is 10. The molecule has 1 aromatic heterocycles. The number of rotatable bonds is 13. The molecule has 5 rings (SSSR count). The number of alkyl carbamates (subject to hydrolysis) is 1. The molecule has 0 unspecified atom stereocenters. The maximum Gasteiger partial charge on any atom is 0.422 e. The van der Waals surface area contributed by atoms with Crippen LogP contribution in [0.3, 0.4) is 0 Å². The summed E-state index contributed by atoms with van der Waals surface area (Å²) in [6.07, 6.45) is -1.91. The molecule has 6 atom stereocenters. The Labute approximate surface area is 300 Å². The van der Waals surface area contributed by atoms with Crippen LogP contribution < -0.4 is 16.1 Å². The van der Waals surface area contributed by atoms with E-state index in [-0.39, 0.29) is 37.6 Å². The minimum absolute atomic E-state index is 0.0816. The smallest absolute Gasteiger partial charge is 0.422 e. The van der Waals surface area contributed by atoms with E-state index in [9.17, 15) is 28.3 Å². The second-order valence-electron chi connectivity index (χ2n) is 13.9. The maximum atomic E-state index is 14.8. The predicted molar refractivity (Wildman–Crippen MR) is 184 cm³/mol. The zero-order chi connectivity index (χ0) is 37.4. The molecule has 13 nitrogen and oxygen atoms in total. The van der Waals surface area contributed by atoms with E-state index in [1.807, 2.05) is 0 Å². The standard InChI is InChI=1S/C37H45F2N5O8/c1-37(2,3)31(42-35(47)49-4)33(46)41-28(18-22-11-13-23(14-12-22)25-9-7-16-40-32(25)39)29(45)20-44(19-24-8-5-6-10-27(24)38)43-36(48)52-30-21-51-34-26(30)15-17-50-34/h5-14,16,26,28-31,34,45H,15,17-21H2,1-4H3,(H,41,46)(H,42,47)(H,43,48)/t26-,28-,29-,30-,31+,34+/m0/s1. The number of nitrogens with zero attached hydrogens (tertiary/aromatic N) is 2. The van der Waals surface area contributed by atoms with Crippen LogP contribution in [0.5, 0.6) is 0 Å². The Morgan fingerprint density at radius 3 is 2.46 bits per heavy atom. The highest BCUT2D eigenvalue weighted by molar-refractivity contribution is 5.86. The molecule has 2 saturated heterocycles. The number of carbonyl (C=O) groups is 3. The van der Waals surface area contributed by atoms with Gasteiger partial charge in [0.05, 0.1) is 38.4 Å². The Hall–Kier alpha value is -4.70. The average Bonchev–Trinajstić information content (AvgIpc) is 3.73. The number of aliphatic hydroxyl groups is 1. The summed E-state index contributed by atoms with van der Waals surface area (Å²) in [5, 5.41) is 18.5. The molecule has 0 saturated carbocycles. The van der Waals surface area contributed by atoms with E-state index in [0.29, 0.717) is 29.7 Å². The van der Waals surface area contributed by atoms with Crippen molar-refractivity contribution in [1.82, 2.24) is 26.1 Å². The summed E-state index contributed by atoms with van der Waals surface area (Å²) in [5.41, 5.74) is 3.66. The molecule has 3 aromatic rings. The Balaban J connectivity index is 1.38. The molecular weight excluding hydrogens is 680 g/mol. The number of amides is 3. The van der Waals surface area contributed by atoms with E-state index in [0.717, 1.165) is 0 Å². The third kappa shape index (κ3) is 10.00. The normalized spacial score (nSPS) is 20.0. The Morgan fingerprint density at radius 1 is 1.02 bits per heavy atom. The first-order chi connectivity index (χ1) is 24.8. The number of nitrogens with one attached hydrogen (secondary N) is 3. The number of methoxy groups -OCH3 is 1. The Kier molecular flexibility index (Phi) is 12.8. The molecule has 2 aromatic carbocycles. The Morgan fingerprint density at radius 2 is 1.77 bits per heavy atom. The fraction of sp³-hybridized carbons (Fsp3) is 0.459. The topological polar surface area (TPSA) is 161 Å². The van der Waals surface area contributed by atoms with Gasteiger partial charge < -0.3 is 34.7 Å². The quantitative estimate of drug-likeness (QED) is 0.149. The summed E-state index contributed by atoms with van der Waals surface area (Å²) in [6.45, 7) is 5.49. The molecular formula is C37H45F2N5O8. The van der Waals surface area contributed by atoms with Crippen LogP contribution in [0.2, 0.25) is 0 Å². The Bertz CT molecular complexity index is 1690. The molecule has 0 bridgehead atoms. The lowest BCUT2D eigenvalue weighted by molar-refractivity contribution is -0.127. The molecule has 2 aliphatic heterocycles. The van der Waals surface area contributed by atoms with Crippen molar-refractivity contribution in [2.75, 3.05) is 26.9 Å². The van der Waals surface area contributed by atoms with E-state index < -0.39 is 65.9 Å². The number of carbonyl (C=O) groups excluding carboxylic acids is 3. The highest BCUT2D eigenvalue weighted by atomic mass is 19.1. The molecule has 3 heterocycles. The molecule has 2 aliphatic rings. The SMILES string of the molecule is COC(=O)N[C@H](C(=O)N[C@@H](Cc1ccc(-c2cccnc2F)cc1)[C@@H](O)CN(Cc1ccccc1F)NC(=O)O[C@H]1CO[C@H]2OCC[C@H]21)C(C)(C)C. The first-order valence-corrected chi connectivity index (χ1v) is 17.0. The van der Waals surface area contributed by atoms with Crippen molar-refractivity contribution in [2.45, 2.75) is 70.7 Å². The second kappa shape index (κ2) is 17.2. The summed E-state index contributed by atoms with van der Waals surface area (Å²) in [7, 11) is 1.18. The highest BCUT2D eigenvalue weighted by Crippen LogP contribution is 2.33. The van der Waals surface area contributed by atoms with Gasteiger partial charge in [-0.1, -0.05) is 63.2 Å². The van der Waals surface area contributed by atoms with Crippen molar-refractivity contribution < 1.29 is 47.2 Å². The van der Waals surface area contributed by atoms with Crippen molar-refractivity contribution in [1.29, 1.82) is 0 Å². The fourth-order valence-electron chi connectivity index (χ4n) is 6.25. The van der Waals surface area contributed by atoms with Crippen LogP contribution in [0.25, 0.3) is 11.1 Å². The zero-order valence-electron chi connectivity index (χ0n) is 29.5. The number of benzene rings is 2. The van der Waals surface area contributed by atoms with Crippen molar-refractivity contribution in [3.63, 3.8) is 0 Å². The van der Waals surface area contributed by atoms with Crippen molar-refractivity contribution in [3.8, 4) is 11.1 Å². The minimum atomic E-state index is -1.37. The molecule has 52 heavy (non-hydrogen) atoms. The first-order valence-electron chi connectivity index (χ1n) is 17.0. The van der Waals surface area contributed by atoms with Crippen LogP contribution in [0.1, 0.15) is 38.3 Å². The van der Waals surface area contributed by atoms with Gasteiger partial charge in [0.25, 0.3) is 0 Å². The summed E-state index contributed by atoms with van der Waals surface area (Å²) in [5.74, 6) is -1.87. The van der Waals surface area contributed by atoms with E-state index in [1.165, 1.54) is 30.4 Å². The van der Waals surface area contributed by atoms with E-state index in [1.54, 1.807) is 69.3 Å².